The number of piperidine rings is 1. The highest BCUT2D eigenvalue weighted by Crippen LogP contribution is 2.39. The maximum atomic E-state index is 12.6. The van der Waals surface area contributed by atoms with Gasteiger partial charge in [0.15, 0.2) is 5.82 Å². The van der Waals surface area contributed by atoms with Gasteiger partial charge in [-0.05, 0) is 42.5 Å². The van der Waals surface area contributed by atoms with Gasteiger partial charge in [0.2, 0.25) is 0 Å². The van der Waals surface area contributed by atoms with Crippen LogP contribution in [0.5, 0.6) is 5.75 Å². The van der Waals surface area contributed by atoms with E-state index >= 15 is 0 Å². The standard InChI is InChI=1S/C21H27ClN4O2S/c1-29-24-20-10-13-26(23-20)21(27)25-11-8-16(9-12-25)28-17-6-7-19(22)18(14-17)15-4-2-3-5-15/h6-7,10,13-16H,2-5,8-9,11-12H2,1H3,(H,23,24). The van der Waals surface area contributed by atoms with E-state index in [0.717, 1.165) is 23.6 Å². The van der Waals surface area contributed by atoms with E-state index in [0.29, 0.717) is 24.8 Å². The van der Waals surface area contributed by atoms with E-state index in [-0.39, 0.29) is 12.1 Å². The monoisotopic (exact) mass is 434 g/mol. The molecule has 2 aromatic rings. The van der Waals surface area contributed by atoms with Crippen LogP contribution < -0.4 is 9.46 Å². The zero-order valence-corrected chi connectivity index (χ0v) is 18.2. The number of benzene rings is 1. The van der Waals surface area contributed by atoms with Gasteiger partial charge in [0, 0.05) is 49.5 Å². The summed E-state index contributed by atoms with van der Waals surface area (Å²) in [6.07, 6.45) is 10.3. The number of likely N-dealkylation sites (tertiary alicyclic amines) is 1. The van der Waals surface area contributed by atoms with Crippen LogP contribution >= 0.6 is 23.5 Å². The first kappa shape index (κ1) is 20.4. The van der Waals surface area contributed by atoms with Crippen molar-refractivity contribution in [2.24, 2.45) is 0 Å². The second kappa shape index (κ2) is 9.30. The van der Waals surface area contributed by atoms with E-state index in [1.54, 1.807) is 12.3 Å². The van der Waals surface area contributed by atoms with Crippen LogP contribution in [0.25, 0.3) is 0 Å². The third kappa shape index (κ3) is 4.83. The van der Waals surface area contributed by atoms with Gasteiger partial charge in [-0.25, -0.2) is 4.79 Å². The van der Waals surface area contributed by atoms with Crippen LogP contribution in [0.2, 0.25) is 5.02 Å². The summed E-state index contributed by atoms with van der Waals surface area (Å²) in [5.74, 6) is 2.14. The number of hydrogen-bond acceptors (Lipinski definition) is 5. The van der Waals surface area contributed by atoms with E-state index in [1.807, 2.05) is 23.3 Å². The molecule has 0 atom stereocenters. The maximum absolute atomic E-state index is 12.6. The summed E-state index contributed by atoms with van der Waals surface area (Å²) in [5.41, 5.74) is 1.22. The van der Waals surface area contributed by atoms with Gasteiger partial charge in [-0.2, -0.15) is 4.68 Å². The highest BCUT2D eigenvalue weighted by atomic mass is 35.5. The number of halogens is 1. The number of nitrogens with zero attached hydrogens (tertiary/aromatic N) is 3. The molecule has 29 heavy (non-hydrogen) atoms. The molecule has 1 aliphatic heterocycles. The number of nitrogens with one attached hydrogen (secondary N) is 1. The van der Waals surface area contributed by atoms with Crippen molar-refractivity contribution >= 4 is 35.4 Å². The molecule has 2 aliphatic rings. The number of carbonyl (C=O) groups excluding carboxylic acids is 1. The number of carbonyl (C=O) groups is 1. The summed E-state index contributed by atoms with van der Waals surface area (Å²) < 4.78 is 10.7. The summed E-state index contributed by atoms with van der Waals surface area (Å²) in [7, 11) is 0. The molecule has 1 saturated heterocycles. The van der Waals surface area contributed by atoms with E-state index in [1.165, 1.54) is 47.9 Å². The molecule has 8 heteroatoms. The Morgan fingerprint density at radius 1 is 1.21 bits per heavy atom. The maximum Gasteiger partial charge on any atom is 0.344 e. The number of ether oxygens (including phenoxy) is 1. The molecule has 0 radical (unpaired) electrons. The fraction of sp³-hybridized carbons (Fsp3) is 0.524. The third-order valence-electron chi connectivity index (χ3n) is 5.77. The minimum absolute atomic E-state index is 0.0902. The fourth-order valence-electron chi connectivity index (χ4n) is 4.24. The summed E-state index contributed by atoms with van der Waals surface area (Å²) >= 11 is 7.89. The molecule has 0 spiro atoms. The summed E-state index contributed by atoms with van der Waals surface area (Å²) in [5, 5.41) is 5.11. The van der Waals surface area contributed by atoms with Crippen molar-refractivity contribution in [1.82, 2.24) is 14.7 Å². The number of anilines is 1. The van der Waals surface area contributed by atoms with E-state index in [2.05, 4.69) is 15.9 Å². The summed E-state index contributed by atoms with van der Waals surface area (Å²) in [4.78, 5) is 14.5. The molecule has 1 aliphatic carbocycles. The zero-order chi connectivity index (χ0) is 20.2. The Kier molecular flexibility index (Phi) is 6.55. The van der Waals surface area contributed by atoms with Crippen molar-refractivity contribution in [3.05, 3.63) is 41.0 Å². The van der Waals surface area contributed by atoms with Crippen LogP contribution in [-0.2, 0) is 0 Å². The fourth-order valence-corrected chi connectivity index (χ4v) is 4.83. The Labute approximate surface area is 181 Å². The van der Waals surface area contributed by atoms with Crippen molar-refractivity contribution in [1.29, 1.82) is 0 Å². The Morgan fingerprint density at radius 2 is 1.97 bits per heavy atom. The zero-order valence-electron chi connectivity index (χ0n) is 16.6. The van der Waals surface area contributed by atoms with Gasteiger partial charge < -0.3 is 14.4 Å². The number of amides is 1. The summed E-state index contributed by atoms with van der Waals surface area (Å²) in [6, 6.07) is 7.75. The van der Waals surface area contributed by atoms with Gasteiger partial charge in [0.25, 0.3) is 0 Å². The molecular weight excluding hydrogens is 408 g/mol. The molecular formula is C21H27ClN4O2S. The highest BCUT2D eigenvalue weighted by molar-refractivity contribution is 7.99. The SMILES string of the molecule is CSNc1ccn(C(=O)N2CCC(Oc3ccc(Cl)c(C4CCCC4)c3)CC2)n1. The number of hydrogen-bond donors (Lipinski definition) is 1. The molecule has 2 fully saturated rings. The Balaban J connectivity index is 1.33. The second-order valence-corrected chi connectivity index (χ2v) is 8.72. The molecule has 2 heterocycles. The predicted molar refractivity (Wildman–Crippen MR) is 118 cm³/mol. The largest absolute Gasteiger partial charge is 0.490 e. The molecule has 1 aromatic carbocycles. The molecule has 1 aromatic heterocycles. The van der Waals surface area contributed by atoms with Crippen LogP contribution in [0.4, 0.5) is 10.6 Å². The van der Waals surface area contributed by atoms with Gasteiger partial charge >= 0.3 is 6.03 Å². The molecule has 1 saturated carbocycles. The molecule has 0 unspecified atom stereocenters. The minimum atomic E-state index is -0.0902. The van der Waals surface area contributed by atoms with Gasteiger partial charge in [0.05, 0.1) is 0 Å². The number of rotatable bonds is 5. The molecule has 6 nitrogen and oxygen atoms in total. The third-order valence-corrected chi connectivity index (χ3v) is 6.53. The lowest BCUT2D eigenvalue weighted by molar-refractivity contribution is 0.110. The van der Waals surface area contributed by atoms with Crippen LogP contribution in [0.3, 0.4) is 0 Å². The van der Waals surface area contributed by atoms with Crippen molar-refractivity contribution in [3.8, 4) is 5.75 Å². The Hall–Kier alpha value is -1.86. The number of aromatic nitrogens is 2. The van der Waals surface area contributed by atoms with Crippen LogP contribution in [-0.4, -0.2) is 46.2 Å². The van der Waals surface area contributed by atoms with Gasteiger partial charge in [-0.15, -0.1) is 5.10 Å². The molecule has 0 bridgehead atoms. The first-order valence-corrected chi connectivity index (χ1v) is 11.8. The first-order valence-electron chi connectivity index (χ1n) is 10.2. The molecule has 1 amide bonds. The topological polar surface area (TPSA) is 59.4 Å². The van der Waals surface area contributed by atoms with Gasteiger partial charge in [-0.3, -0.25) is 0 Å². The second-order valence-electron chi connectivity index (χ2n) is 7.70. The van der Waals surface area contributed by atoms with Crippen molar-refractivity contribution < 1.29 is 9.53 Å². The van der Waals surface area contributed by atoms with E-state index in [9.17, 15) is 4.79 Å². The molecule has 1 N–H and O–H groups in total. The lowest BCUT2D eigenvalue weighted by Gasteiger charge is -2.32. The average Bonchev–Trinajstić information content (AvgIpc) is 3.42. The first-order chi connectivity index (χ1) is 14.1. The average molecular weight is 435 g/mol. The summed E-state index contributed by atoms with van der Waals surface area (Å²) in [6.45, 7) is 1.33. The quantitative estimate of drug-likeness (QED) is 0.639. The van der Waals surface area contributed by atoms with Crippen molar-refractivity contribution in [3.63, 3.8) is 0 Å². The molecule has 4 rings (SSSR count). The van der Waals surface area contributed by atoms with E-state index in [4.69, 9.17) is 16.3 Å². The van der Waals surface area contributed by atoms with E-state index < -0.39 is 0 Å². The highest BCUT2D eigenvalue weighted by Gasteiger charge is 2.26. The Morgan fingerprint density at radius 3 is 2.69 bits per heavy atom. The van der Waals surface area contributed by atoms with Crippen LogP contribution in [0.15, 0.2) is 30.5 Å². The van der Waals surface area contributed by atoms with Gasteiger partial charge in [0.1, 0.15) is 11.9 Å². The predicted octanol–water partition coefficient (Wildman–Crippen LogP) is 5.40. The Bertz CT molecular complexity index is 845. The lowest BCUT2D eigenvalue weighted by Crippen LogP contribution is -2.43. The lowest BCUT2D eigenvalue weighted by atomic mass is 9.97. The minimum Gasteiger partial charge on any atom is -0.490 e. The van der Waals surface area contributed by atoms with Crippen LogP contribution in [0.1, 0.15) is 50.0 Å². The van der Waals surface area contributed by atoms with Gasteiger partial charge in [-0.1, -0.05) is 36.4 Å². The smallest absolute Gasteiger partial charge is 0.344 e. The van der Waals surface area contributed by atoms with Crippen molar-refractivity contribution in [2.45, 2.75) is 50.5 Å². The normalized spacial score (nSPS) is 18.2. The molecule has 156 valence electrons. The van der Waals surface area contributed by atoms with Crippen molar-refractivity contribution in [2.75, 3.05) is 24.1 Å². The van der Waals surface area contributed by atoms with Crippen LogP contribution in [0, 0.1) is 0 Å².